The van der Waals surface area contributed by atoms with Crippen molar-refractivity contribution in [2.45, 2.75) is 17.2 Å². The van der Waals surface area contributed by atoms with Crippen molar-refractivity contribution in [3.63, 3.8) is 0 Å². The van der Waals surface area contributed by atoms with Gasteiger partial charge in [-0.25, -0.2) is 13.6 Å². The number of phenolic OH excluding ortho intramolecular Hbond substituents is 2. The molecule has 2 aromatic rings. The number of sulfonamides is 1. The minimum absolute atomic E-state index is 0. The molecule has 0 aliphatic carbocycles. The standard InChI is InChI=1S/C16H18N2O4S.ClH/c17-23(21,22)12-3-1-10(2-4-12)14-9-18-6-5-11-7-15(19)16(20)8-13(11)14;/h1-4,7-8,14,18-20H,5-6,9H2,(H2,17,21,22);1H. The van der Waals surface area contributed by atoms with E-state index in [1.54, 1.807) is 24.3 Å². The van der Waals surface area contributed by atoms with E-state index in [4.69, 9.17) is 5.14 Å². The molecule has 0 spiro atoms. The predicted octanol–water partition coefficient (Wildman–Crippen LogP) is 1.44. The molecule has 1 atom stereocenters. The normalized spacial score (nSPS) is 17.5. The Kier molecular flexibility index (Phi) is 5.39. The first-order valence-corrected chi connectivity index (χ1v) is 8.79. The van der Waals surface area contributed by atoms with Crippen LogP contribution in [0.4, 0.5) is 0 Å². The first-order chi connectivity index (χ1) is 10.9. The van der Waals surface area contributed by atoms with Crippen LogP contribution in [0.3, 0.4) is 0 Å². The molecular weight excluding hydrogens is 352 g/mol. The van der Waals surface area contributed by atoms with E-state index in [0.717, 1.165) is 29.7 Å². The van der Waals surface area contributed by atoms with Crippen LogP contribution in [0.25, 0.3) is 0 Å². The highest BCUT2D eigenvalue weighted by Gasteiger charge is 2.22. The van der Waals surface area contributed by atoms with Crippen LogP contribution in [0.1, 0.15) is 22.6 Å². The maximum atomic E-state index is 11.4. The third-order valence-electron chi connectivity index (χ3n) is 4.14. The molecule has 1 aliphatic heterocycles. The molecule has 3 rings (SSSR count). The quantitative estimate of drug-likeness (QED) is 0.597. The van der Waals surface area contributed by atoms with Crippen LogP contribution in [-0.2, 0) is 16.4 Å². The van der Waals surface area contributed by atoms with E-state index in [0.29, 0.717) is 6.54 Å². The van der Waals surface area contributed by atoms with Gasteiger partial charge in [-0.2, -0.15) is 0 Å². The minimum atomic E-state index is -3.72. The minimum Gasteiger partial charge on any atom is -0.504 e. The maximum Gasteiger partial charge on any atom is 0.238 e. The Hall–Kier alpha value is -1.80. The molecule has 1 heterocycles. The lowest BCUT2D eigenvalue weighted by atomic mass is 9.88. The number of fused-ring (bicyclic) bond motifs is 1. The molecule has 6 nitrogen and oxygen atoms in total. The van der Waals surface area contributed by atoms with E-state index >= 15 is 0 Å². The summed E-state index contributed by atoms with van der Waals surface area (Å²) in [6.07, 6.45) is 0.745. The highest BCUT2D eigenvalue weighted by molar-refractivity contribution is 7.89. The number of nitrogens with two attached hydrogens (primary N) is 1. The van der Waals surface area contributed by atoms with E-state index in [2.05, 4.69) is 5.32 Å². The number of hydrogen-bond acceptors (Lipinski definition) is 5. The highest BCUT2D eigenvalue weighted by Crippen LogP contribution is 2.36. The Bertz CT molecular complexity index is 838. The largest absolute Gasteiger partial charge is 0.504 e. The van der Waals surface area contributed by atoms with Crippen LogP contribution in [0, 0.1) is 0 Å². The second kappa shape index (κ2) is 6.98. The summed E-state index contributed by atoms with van der Waals surface area (Å²) in [6, 6.07) is 9.58. The Morgan fingerprint density at radius 1 is 1.08 bits per heavy atom. The number of hydrogen-bond donors (Lipinski definition) is 4. The van der Waals surface area contributed by atoms with Gasteiger partial charge in [0.1, 0.15) is 0 Å². The molecule has 130 valence electrons. The number of benzene rings is 2. The van der Waals surface area contributed by atoms with Crippen molar-refractivity contribution in [3.8, 4) is 11.5 Å². The van der Waals surface area contributed by atoms with Crippen molar-refractivity contribution < 1.29 is 18.6 Å². The SMILES string of the molecule is Cl.NS(=O)(=O)c1ccc(C2CNCCc3cc(O)c(O)cc32)cc1. The van der Waals surface area contributed by atoms with Gasteiger partial charge in [-0.3, -0.25) is 0 Å². The van der Waals surface area contributed by atoms with E-state index in [9.17, 15) is 18.6 Å². The summed E-state index contributed by atoms with van der Waals surface area (Å²) in [4.78, 5) is 0.0663. The summed E-state index contributed by atoms with van der Waals surface area (Å²) < 4.78 is 22.7. The molecule has 0 saturated carbocycles. The molecule has 24 heavy (non-hydrogen) atoms. The topological polar surface area (TPSA) is 113 Å². The molecule has 1 aliphatic rings. The van der Waals surface area contributed by atoms with Gasteiger partial charge in [-0.15, -0.1) is 12.4 Å². The zero-order chi connectivity index (χ0) is 16.6. The lowest BCUT2D eigenvalue weighted by Gasteiger charge is -2.19. The molecule has 0 bridgehead atoms. The van der Waals surface area contributed by atoms with Gasteiger partial charge in [-0.05, 0) is 53.9 Å². The molecule has 0 amide bonds. The second-order valence-electron chi connectivity index (χ2n) is 5.66. The van der Waals surface area contributed by atoms with Gasteiger partial charge in [0.2, 0.25) is 10.0 Å². The maximum absolute atomic E-state index is 11.4. The molecule has 8 heteroatoms. The molecule has 0 fully saturated rings. The Labute approximate surface area is 146 Å². The van der Waals surface area contributed by atoms with Crippen molar-refractivity contribution >= 4 is 22.4 Å². The van der Waals surface area contributed by atoms with Gasteiger partial charge < -0.3 is 15.5 Å². The van der Waals surface area contributed by atoms with Crippen molar-refractivity contribution in [3.05, 3.63) is 53.1 Å². The monoisotopic (exact) mass is 370 g/mol. The molecule has 0 saturated heterocycles. The van der Waals surface area contributed by atoms with Gasteiger partial charge in [-0.1, -0.05) is 12.1 Å². The highest BCUT2D eigenvalue weighted by atomic mass is 35.5. The first-order valence-electron chi connectivity index (χ1n) is 7.24. The summed E-state index contributed by atoms with van der Waals surface area (Å²) in [5, 5.41) is 28.0. The number of halogens is 1. The van der Waals surface area contributed by atoms with Crippen molar-refractivity contribution in [1.82, 2.24) is 5.32 Å². The number of primary sulfonamides is 1. The second-order valence-corrected chi connectivity index (χ2v) is 7.22. The van der Waals surface area contributed by atoms with Gasteiger partial charge in [0.25, 0.3) is 0 Å². The summed E-state index contributed by atoms with van der Waals surface area (Å²) in [5.41, 5.74) is 2.80. The third-order valence-corrected chi connectivity index (χ3v) is 5.07. The first kappa shape index (κ1) is 18.5. The van der Waals surface area contributed by atoms with Crippen molar-refractivity contribution in [2.24, 2.45) is 5.14 Å². The third kappa shape index (κ3) is 3.64. The predicted molar refractivity (Wildman–Crippen MR) is 93.3 cm³/mol. The number of aromatic hydroxyl groups is 2. The Morgan fingerprint density at radius 2 is 1.71 bits per heavy atom. The molecule has 1 unspecified atom stereocenters. The fourth-order valence-corrected chi connectivity index (χ4v) is 3.46. The lowest BCUT2D eigenvalue weighted by molar-refractivity contribution is 0.402. The van der Waals surface area contributed by atoms with Gasteiger partial charge in [0.05, 0.1) is 4.90 Å². The molecule has 5 N–H and O–H groups in total. The van der Waals surface area contributed by atoms with Gasteiger partial charge in [0.15, 0.2) is 11.5 Å². The number of phenols is 2. The average molecular weight is 371 g/mol. The zero-order valence-corrected chi connectivity index (χ0v) is 14.4. The Morgan fingerprint density at radius 3 is 2.33 bits per heavy atom. The van der Waals surface area contributed by atoms with Crippen LogP contribution < -0.4 is 10.5 Å². The Balaban J connectivity index is 0.00000208. The van der Waals surface area contributed by atoms with E-state index < -0.39 is 10.0 Å². The van der Waals surface area contributed by atoms with Crippen LogP contribution in [-0.4, -0.2) is 31.7 Å². The van der Waals surface area contributed by atoms with E-state index in [1.807, 2.05) is 0 Å². The van der Waals surface area contributed by atoms with Crippen molar-refractivity contribution in [2.75, 3.05) is 13.1 Å². The fraction of sp³-hybridized carbons (Fsp3) is 0.250. The molecule has 2 aromatic carbocycles. The van der Waals surface area contributed by atoms with Crippen molar-refractivity contribution in [1.29, 1.82) is 0 Å². The van der Waals surface area contributed by atoms with Crippen LogP contribution in [0.5, 0.6) is 11.5 Å². The van der Waals surface area contributed by atoms with Crippen LogP contribution in [0.2, 0.25) is 0 Å². The van der Waals surface area contributed by atoms with Crippen LogP contribution >= 0.6 is 12.4 Å². The summed E-state index contributed by atoms with van der Waals surface area (Å²) >= 11 is 0. The molecule has 0 radical (unpaired) electrons. The lowest BCUT2D eigenvalue weighted by Crippen LogP contribution is -2.21. The zero-order valence-electron chi connectivity index (χ0n) is 12.8. The van der Waals surface area contributed by atoms with Gasteiger partial charge in [0, 0.05) is 12.5 Å². The van der Waals surface area contributed by atoms with Crippen LogP contribution in [0.15, 0.2) is 41.3 Å². The average Bonchev–Trinajstić information content (AvgIpc) is 2.69. The molecule has 0 aromatic heterocycles. The summed E-state index contributed by atoms with van der Waals surface area (Å²) in [5.74, 6) is -0.334. The smallest absolute Gasteiger partial charge is 0.238 e. The van der Waals surface area contributed by atoms with E-state index in [-0.39, 0.29) is 34.7 Å². The molecular formula is C16H19ClN2O4S. The summed E-state index contributed by atoms with van der Waals surface area (Å²) in [7, 11) is -3.72. The number of nitrogens with one attached hydrogen (secondary N) is 1. The van der Waals surface area contributed by atoms with E-state index in [1.165, 1.54) is 12.1 Å². The summed E-state index contributed by atoms with van der Waals surface area (Å²) in [6.45, 7) is 1.43. The van der Waals surface area contributed by atoms with Gasteiger partial charge >= 0.3 is 0 Å². The fourth-order valence-electron chi connectivity index (χ4n) is 2.94. The number of rotatable bonds is 2.